The van der Waals surface area contributed by atoms with Crippen LogP contribution in [0, 0.1) is 5.92 Å². The van der Waals surface area contributed by atoms with Crippen LogP contribution in [-0.2, 0) is 9.47 Å². The fourth-order valence-electron chi connectivity index (χ4n) is 5.96. The summed E-state index contributed by atoms with van der Waals surface area (Å²) in [6.07, 6.45) is 14.2. The molecule has 1 unspecified atom stereocenters. The average molecular weight is 451 g/mol. The summed E-state index contributed by atoms with van der Waals surface area (Å²) < 4.78 is 17.8. The third-order valence-electron chi connectivity index (χ3n) is 8.03. The van der Waals surface area contributed by atoms with E-state index in [1.807, 2.05) is 25.4 Å². The van der Waals surface area contributed by atoms with Crippen molar-refractivity contribution < 1.29 is 14.2 Å². The van der Waals surface area contributed by atoms with E-state index >= 15 is 0 Å². The van der Waals surface area contributed by atoms with Gasteiger partial charge in [-0.05, 0) is 80.8 Å². The molecule has 33 heavy (non-hydrogen) atoms. The van der Waals surface area contributed by atoms with Crippen LogP contribution in [0.3, 0.4) is 0 Å². The fraction of sp³-hybridized carbons (Fsp3) is 0.607. The van der Waals surface area contributed by atoms with Crippen LogP contribution in [0.15, 0.2) is 42.6 Å². The Morgan fingerprint density at radius 2 is 1.67 bits per heavy atom. The highest BCUT2D eigenvalue weighted by Crippen LogP contribution is 2.42. The molecule has 5 rings (SSSR count). The van der Waals surface area contributed by atoms with Gasteiger partial charge in [0.1, 0.15) is 5.75 Å². The van der Waals surface area contributed by atoms with Crippen LogP contribution in [0.4, 0.5) is 5.69 Å². The zero-order valence-electron chi connectivity index (χ0n) is 20.0. The van der Waals surface area contributed by atoms with Gasteiger partial charge in [-0.15, -0.1) is 0 Å². The van der Waals surface area contributed by atoms with E-state index in [9.17, 15) is 0 Å². The molecule has 0 bridgehead atoms. The number of anilines is 1. The lowest BCUT2D eigenvalue weighted by atomic mass is 9.72. The lowest BCUT2D eigenvalue weighted by Gasteiger charge is -2.47. The van der Waals surface area contributed by atoms with Crippen LogP contribution in [0.2, 0.25) is 0 Å². The third-order valence-corrected chi connectivity index (χ3v) is 8.03. The second-order valence-electron chi connectivity index (χ2n) is 9.93. The standard InChI is InChI=1S/C28H38N2O3/c1-31-28(23-7-3-2-4-8-23)16-18-30(19-17-28)24-12-15-26(29-21-24)22-10-13-25(14-11-22)33-27-9-5-6-20-32-27/h10-15,21,23,27H,2-9,16-20H2,1H3. The smallest absolute Gasteiger partial charge is 0.199 e. The van der Waals surface area contributed by atoms with E-state index in [1.54, 1.807) is 0 Å². The molecule has 5 heteroatoms. The van der Waals surface area contributed by atoms with Crippen molar-refractivity contribution in [1.29, 1.82) is 0 Å². The summed E-state index contributed by atoms with van der Waals surface area (Å²) in [5.41, 5.74) is 3.38. The number of aromatic nitrogens is 1. The summed E-state index contributed by atoms with van der Waals surface area (Å²) in [7, 11) is 1.93. The number of hydrogen-bond donors (Lipinski definition) is 0. The molecule has 178 valence electrons. The molecule has 1 aromatic heterocycles. The van der Waals surface area contributed by atoms with E-state index in [1.165, 1.54) is 44.2 Å². The SMILES string of the molecule is COC1(C2CCCCC2)CCN(c2ccc(-c3ccc(OC4CCCCO4)cc3)nc2)CC1. The quantitative estimate of drug-likeness (QED) is 0.523. The summed E-state index contributed by atoms with van der Waals surface area (Å²) in [5.74, 6) is 1.59. The van der Waals surface area contributed by atoms with Gasteiger partial charge in [0.05, 0.1) is 29.8 Å². The predicted molar refractivity (Wildman–Crippen MR) is 132 cm³/mol. The number of piperidine rings is 1. The van der Waals surface area contributed by atoms with Gasteiger partial charge in [0.25, 0.3) is 0 Å². The van der Waals surface area contributed by atoms with E-state index in [2.05, 4.69) is 29.2 Å². The summed E-state index contributed by atoms with van der Waals surface area (Å²) >= 11 is 0. The Morgan fingerprint density at radius 3 is 2.30 bits per heavy atom. The van der Waals surface area contributed by atoms with Crippen molar-refractivity contribution in [3.8, 4) is 17.0 Å². The number of rotatable bonds is 6. The van der Waals surface area contributed by atoms with Crippen molar-refractivity contribution in [2.75, 3.05) is 31.7 Å². The van der Waals surface area contributed by atoms with Crippen molar-refractivity contribution in [2.45, 2.75) is 76.1 Å². The summed E-state index contributed by atoms with van der Waals surface area (Å²) in [5, 5.41) is 0. The van der Waals surface area contributed by atoms with E-state index < -0.39 is 0 Å². The molecular formula is C28H38N2O3. The van der Waals surface area contributed by atoms with Crippen molar-refractivity contribution in [1.82, 2.24) is 4.98 Å². The second kappa shape index (κ2) is 10.4. The number of benzene rings is 1. The Labute approximate surface area is 198 Å². The first kappa shape index (κ1) is 22.7. The van der Waals surface area contributed by atoms with Crippen molar-refractivity contribution in [3.63, 3.8) is 0 Å². The molecule has 2 aliphatic heterocycles. The van der Waals surface area contributed by atoms with Gasteiger partial charge >= 0.3 is 0 Å². The van der Waals surface area contributed by atoms with Gasteiger partial charge in [-0.1, -0.05) is 19.3 Å². The molecule has 2 saturated heterocycles. The van der Waals surface area contributed by atoms with Gasteiger partial charge < -0.3 is 19.1 Å². The molecule has 1 atom stereocenters. The molecular weight excluding hydrogens is 412 g/mol. The monoisotopic (exact) mass is 450 g/mol. The number of pyridine rings is 1. The number of ether oxygens (including phenoxy) is 3. The van der Waals surface area contributed by atoms with Crippen molar-refractivity contribution >= 4 is 5.69 Å². The van der Waals surface area contributed by atoms with E-state index in [4.69, 9.17) is 19.2 Å². The maximum atomic E-state index is 6.18. The molecule has 0 spiro atoms. The number of methoxy groups -OCH3 is 1. The Morgan fingerprint density at radius 1 is 0.909 bits per heavy atom. The van der Waals surface area contributed by atoms with Gasteiger partial charge in [-0.25, -0.2) is 0 Å². The average Bonchev–Trinajstić information content (AvgIpc) is 2.90. The lowest BCUT2D eigenvalue weighted by Crippen LogP contribution is -2.50. The van der Waals surface area contributed by atoms with E-state index in [-0.39, 0.29) is 11.9 Å². The molecule has 1 saturated carbocycles. The van der Waals surface area contributed by atoms with Gasteiger partial charge in [-0.3, -0.25) is 4.98 Å². The highest BCUT2D eigenvalue weighted by atomic mass is 16.7. The number of hydrogen-bond acceptors (Lipinski definition) is 5. The Hall–Kier alpha value is -2.11. The molecule has 3 aliphatic rings. The Kier molecular flexibility index (Phi) is 7.17. The molecule has 0 radical (unpaired) electrons. The van der Waals surface area contributed by atoms with Gasteiger partial charge in [0.15, 0.2) is 6.29 Å². The van der Waals surface area contributed by atoms with Crippen molar-refractivity contribution in [3.05, 3.63) is 42.6 Å². The first-order valence-electron chi connectivity index (χ1n) is 12.9. The molecule has 1 aromatic carbocycles. The predicted octanol–water partition coefficient (Wildman–Crippen LogP) is 6.22. The van der Waals surface area contributed by atoms with Crippen LogP contribution in [0.5, 0.6) is 5.75 Å². The zero-order valence-corrected chi connectivity index (χ0v) is 20.0. The Bertz CT molecular complexity index is 863. The second-order valence-corrected chi connectivity index (χ2v) is 9.93. The van der Waals surface area contributed by atoms with Crippen molar-refractivity contribution in [2.24, 2.45) is 5.92 Å². The molecule has 5 nitrogen and oxygen atoms in total. The topological polar surface area (TPSA) is 43.8 Å². The van der Waals surface area contributed by atoms with Crippen LogP contribution in [0.1, 0.15) is 64.2 Å². The summed E-state index contributed by atoms with van der Waals surface area (Å²) in [4.78, 5) is 7.25. The number of nitrogens with zero attached hydrogens (tertiary/aromatic N) is 2. The highest BCUT2D eigenvalue weighted by molar-refractivity contribution is 5.62. The van der Waals surface area contributed by atoms with Gasteiger partial charge in [-0.2, -0.15) is 0 Å². The first-order chi connectivity index (χ1) is 16.3. The van der Waals surface area contributed by atoms with Crippen LogP contribution in [0.25, 0.3) is 11.3 Å². The maximum absolute atomic E-state index is 6.18. The highest BCUT2D eigenvalue weighted by Gasteiger charge is 2.42. The van der Waals surface area contributed by atoms with Gasteiger partial charge in [0, 0.05) is 32.2 Å². The van der Waals surface area contributed by atoms with E-state index in [0.717, 1.165) is 68.3 Å². The largest absolute Gasteiger partial charge is 0.465 e. The van der Waals surface area contributed by atoms with Crippen LogP contribution >= 0.6 is 0 Å². The van der Waals surface area contributed by atoms with Gasteiger partial charge in [0.2, 0.25) is 0 Å². The first-order valence-corrected chi connectivity index (χ1v) is 12.9. The molecule has 0 N–H and O–H groups in total. The zero-order chi connectivity index (χ0) is 22.5. The normalized spacial score (nSPS) is 23.9. The fourth-order valence-corrected chi connectivity index (χ4v) is 5.96. The molecule has 2 aromatic rings. The van der Waals surface area contributed by atoms with E-state index in [0.29, 0.717) is 0 Å². The summed E-state index contributed by atoms with van der Waals surface area (Å²) in [6.45, 7) is 2.88. The molecule has 3 fully saturated rings. The van der Waals surface area contributed by atoms with Crippen LogP contribution < -0.4 is 9.64 Å². The lowest BCUT2D eigenvalue weighted by molar-refractivity contribution is -0.105. The summed E-state index contributed by atoms with van der Waals surface area (Å²) in [6, 6.07) is 12.5. The molecule has 0 amide bonds. The minimum atomic E-state index is -0.110. The maximum Gasteiger partial charge on any atom is 0.199 e. The Balaban J connectivity index is 1.18. The van der Waals surface area contributed by atoms with Crippen LogP contribution in [-0.4, -0.2) is 43.7 Å². The minimum absolute atomic E-state index is 0.0801. The third kappa shape index (κ3) is 5.20. The molecule has 1 aliphatic carbocycles. The molecule has 3 heterocycles. The minimum Gasteiger partial charge on any atom is -0.465 e.